The van der Waals surface area contributed by atoms with Crippen molar-refractivity contribution in [2.75, 3.05) is 11.9 Å². The van der Waals surface area contributed by atoms with Crippen LogP contribution in [-0.4, -0.2) is 23.8 Å². The van der Waals surface area contributed by atoms with Crippen molar-refractivity contribution in [1.82, 2.24) is 5.32 Å². The first-order valence-electron chi connectivity index (χ1n) is 5.90. The monoisotopic (exact) mass is 270 g/mol. The Labute approximate surface area is 112 Å². The summed E-state index contributed by atoms with van der Waals surface area (Å²) >= 11 is 5.99. The molecule has 0 heterocycles. The number of benzene rings is 1. The lowest BCUT2D eigenvalue weighted by Crippen LogP contribution is -2.37. The number of aliphatic hydroxyl groups is 1. The van der Waals surface area contributed by atoms with E-state index in [1.807, 2.05) is 32.9 Å². The van der Waals surface area contributed by atoms with Gasteiger partial charge in [0.05, 0.1) is 16.8 Å². The first kappa shape index (κ1) is 14.8. The van der Waals surface area contributed by atoms with Crippen LogP contribution >= 0.6 is 11.6 Å². The van der Waals surface area contributed by atoms with Crippen LogP contribution in [0.5, 0.6) is 0 Å². The van der Waals surface area contributed by atoms with Gasteiger partial charge in [0.1, 0.15) is 0 Å². The third-order valence-electron chi connectivity index (χ3n) is 2.70. The van der Waals surface area contributed by atoms with E-state index in [2.05, 4.69) is 10.6 Å². The molecular formula is C13H19ClN2O2. The maximum Gasteiger partial charge on any atom is 0.319 e. The van der Waals surface area contributed by atoms with Crippen molar-refractivity contribution >= 4 is 23.3 Å². The average molecular weight is 271 g/mol. The molecule has 0 bridgehead atoms. The largest absolute Gasteiger partial charge is 0.391 e. The molecule has 0 saturated heterocycles. The number of urea groups is 1. The Hall–Kier alpha value is -1.26. The molecule has 0 saturated carbocycles. The lowest BCUT2D eigenvalue weighted by atomic mass is 10.1. The van der Waals surface area contributed by atoms with Gasteiger partial charge in [-0.15, -0.1) is 0 Å². The van der Waals surface area contributed by atoms with E-state index >= 15 is 0 Å². The Morgan fingerprint density at radius 1 is 1.44 bits per heavy atom. The lowest BCUT2D eigenvalue weighted by Gasteiger charge is -2.16. The van der Waals surface area contributed by atoms with Gasteiger partial charge < -0.3 is 15.7 Å². The highest BCUT2D eigenvalue weighted by atomic mass is 35.5. The molecule has 1 rings (SSSR count). The molecule has 0 aliphatic carbocycles. The van der Waals surface area contributed by atoms with Gasteiger partial charge in [-0.1, -0.05) is 37.6 Å². The Kier molecular flexibility index (Phi) is 5.44. The van der Waals surface area contributed by atoms with E-state index in [4.69, 9.17) is 11.6 Å². The summed E-state index contributed by atoms with van der Waals surface area (Å²) in [6.07, 6.45) is -0.553. The molecule has 2 amide bonds. The summed E-state index contributed by atoms with van der Waals surface area (Å²) in [5.74, 6) is 0.104. The van der Waals surface area contributed by atoms with Gasteiger partial charge in [0.25, 0.3) is 0 Å². The van der Waals surface area contributed by atoms with Crippen molar-refractivity contribution < 1.29 is 9.90 Å². The number of carbonyl (C=O) groups is 1. The second-order valence-electron chi connectivity index (χ2n) is 4.58. The molecule has 100 valence electrons. The van der Waals surface area contributed by atoms with Gasteiger partial charge in [-0.25, -0.2) is 4.79 Å². The van der Waals surface area contributed by atoms with Crippen LogP contribution in [0.25, 0.3) is 0 Å². The summed E-state index contributed by atoms with van der Waals surface area (Å²) in [6.45, 7) is 5.86. The van der Waals surface area contributed by atoms with E-state index < -0.39 is 6.10 Å². The van der Waals surface area contributed by atoms with Gasteiger partial charge in [0, 0.05) is 6.54 Å². The van der Waals surface area contributed by atoms with Gasteiger partial charge in [-0.05, 0) is 24.5 Å². The molecule has 0 radical (unpaired) electrons. The normalized spacial score (nSPS) is 12.3. The quantitative estimate of drug-likeness (QED) is 0.788. The van der Waals surface area contributed by atoms with E-state index in [1.54, 1.807) is 6.07 Å². The molecule has 0 fully saturated rings. The van der Waals surface area contributed by atoms with Crippen molar-refractivity contribution in [3.63, 3.8) is 0 Å². The van der Waals surface area contributed by atoms with E-state index in [-0.39, 0.29) is 18.5 Å². The second kappa shape index (κ2) is 6.61. The van der Waals surface area contributed by atoms with Crippen molar-refractivity contribution in [1.29, 1.82) is 0 Å². The smallest absolute Gasteiger partial charge is 0.319 e. The fourth-order valence-corrected chi connectivity index (χ4v) is 1.65. The number of carbonyl (C=O) groups excluding carboxylic acids is 1. The van der Waals surface area contributed by atoms with Crippen molar-refractivity contribution in [3.05, 3.63) is 28.8 Å². The third-order valence-corrected chi connectivity index (χ3v) is 3.02. The van der Waals surface area contributed by atoms with Crippen LogP contribution in [0.15, 0.2) is 18.2 Å². The minimum absolute atomic E-state index is 0.104. The van der Waals surface area contributed by atoms with E-state index in [1.165, 1.54) is 0 Å². The standard InChI is InChI=1S/C13H19ClN2O2/c1-8(2)11(17)7-15-13(18)16-12-9(3)5-4-6-10(12)14/h4-6,8,11,17H,7H2,1-3H3,(H2,15,16,18). The Balaban J connectivity index is 2.55. The minimum atomic E-state index is -0.553. The number of aryl methyl sites for hydroxylation is 1. The number of aliphatic hydroxyl groups excluding tert-OH is 1. The topological polar surface area (TPSA) is 61.4 Å². The number of halogens is 1. The van der Waals surface area contributed by atoms with Crippen LogP contribution in [0.2, 0.25) is 5.02 Å². The Morgan fingerprint density at radius 2 is 2.11 bits per heavy atom. The van der Waals surface area contributed by atoms with Crippen LogP contribution < -0.4 is 10.6 Å². The minimum Gasteiger partial charge on any atom is -0.391 e. The maximum atomic E-state index is 11.7. The summed E-state index contributed by atoms with van der Waals surface area (Å²) < 4.78 is 0. The zero-order chi connectivity index (χ0) is 13.7. The van der Waals surface area contributed by atoms with Crippen LogP contribution in [0.4, 0.5) is 10.5 Å². The maximum absolute atomic E-state index is 11.7. The van der Waals surface area contributed by atoms with Crippen molar-refractivity contribution in [2.24, 2.45) is 5.92 Å². The second-order valence-corrected chi connectivity index (χ2v) is 4.99. The number of hydrogen-bond acceptors (Lipinski definition) is 2. The average Bonchev–Trinajstić information content (AvgIpc) is 2.30. The molecule has 1 atom stereocenters. The molecule has 1 aromatic rings. The molecule has 0 aliphatic rings. The zero-order valence-electron chi connectivity index (χ0n) is 10.8. The number of amides is 2. The predicted molar refractivity (Wildman–Crippen MR) is 74.1 cm³/mol. The van der Waals surface area contributed by atoms with E-state index in [0.29, 0.717) is 10.7 Å². The van der Waals surface area contributed by atoms with Crippen LogP contribution in [0, 0.1) is 12.8 Å². The Bertz CT molecular complexity index is 401. The third kappa shape index (κ3) is 4.20. The highest BCUT2D eigenvalue weighted by Gasteiger charge is 2.12. The van der Waals surface area contributed by atoms with Gasteiger partial charge in [-0.2, -0.15) is 0 Å². The van der Waals surface area contributed by atoms with Gasteiger partial charge in [0.15, 0.2) is 0 Å². The van der Waals surface area contributed by atoms with Crippen LogP contribution in [0.3, 0.4) is 0 Å². The molecule has 5 heteroatoms. The van der Waals surface area contributed by atoms with Crippen molar-refractivity contribution in [3.8, 4) is 0 Å². The number of nitrogens with one attached hydrogen (secondary N) is 2. The number of hydrogen-bond donors (Lipinski definition) is 3. The SMILES string of the molecule is Cc1cccc(Cl)c1NC(=O)NCC(O)C(C)C. The lowest BCUT2D eigenvalue weighted by molar-refractivity contribution is 0.126. The summed E-state index contributed by atoms with van der Waals surface area (Å²) in [5, 5.41) is 15.4. The number of para-hydroxylation sites is 1. The van der Waals surface area contributed by atoms with Crippen LogP contribution in [-0.2, 0) is 0 Å². The van der Waals surface area contributed by atoms with Crippen molar-refractivity contribution in [2.45, 2.75) is 26.9 Å². The summed E-state index contributed by atoms with van der Waals surface area (Å²) in [7, 11) is 0. The highest BCUT2D eigenvalue weighted by molar-refractivity contribution is 6.33. The summed E-state index contributed by atoms with van der Waals surface area (Å²) in [6, 6.07) is 5.03. The van der Waals surface area contributed by atoms with Gasteiger partial charge >= 0.3 is 6.03 Å². The fraction of sp³-hybridized carbons (Fsp3) is 0.462. The first-order valence-corrected chi connectivity index (χ1v) is 6.27. The molecule has 0 aromatic heterocycles. The Morgan fingerprint density at radius 3 is 2.67 bits per heavy atom. The van der Waals surface area contributed by atoms with Crippen LogP contribution in [0.1, 0.15) is 19.4 Å². The number of rotatable bonds is 4. The highest BCUT2D eigenvalue weighted by Crippen LogP contribution is 2.24. The molecule has 1 aromatic carbocycles. The zero-order valence-corrected chi connectivity index (χ0v) is 11.6. The molecule has 0 aliphatic heterocycles. The summed E-state index contributed by atoms with van der Waals surface area (Å²) in [4.78, 5) is 11.7. The molecule has 4 nitrogen and oxygen atoms in total. The number of anilines is 1. The molecule has 1 unspecified atom stereocenters. The molecule has 3 N–H and O–H groups in total. The van der Waals surface area contributed by atoms with E-state index in [0.717, 1.165) is 5.56 Å². The predicted octanol–water partition coefficient (Wildman–Crippen LogP) is 2.79. The van der Waals surface area contributed by atoms with Gasteiger partial charge in [0.2, 0.25) is 0 Å². The molecule has 18 heavy (non-hydrogen) atoms. The molecular weight excluding hydrogens is 252 g/mol. The van der Waals surface area contributed by atoms with Gasteiger partial charge in [-0.3, -0.25) is 0 Å². The fourth-order valence-electron chi connectivity index (χ4n) is 1.38. The van der Waals surface area contributed by atoms with E-state index in [9.17, 15) is 9.90 Å². The first-order chi connectivity index (χ1) is 8.41. The molecule has 0 spiro atoms. The summed E-state index contributed by atoms with van der Waals surface area (Å²) in [5.41, 5.74) is 1.48.